The Morgan fingerprint density at radius 3 is 2.75 bits per heavy atom. The van der Waals surface area contributed by atoms with Gasteiger partial charge in [0.25, 0.3) is 0 Å². The fourth-order valence-electron chi connectivity index (χ4n) is 2.72. The van der Waals surface area contributed by atoms with Gasteiger partial charge in [0.1, 0.15) is 15.5 Å². The van der Waals surface area contributed by atoms with Gasteiger partial charge in [0.2, 0.25) is 0 Å². The number of hydrogen-bond acceptors (Lipinski definition) is 3. The smallest absolute Gasteiger partial charge is 0.134 e. The van der Waals surface area contributed by atoms with Gasteiger partial charge >= 0.3 is 0 Å². The van der Waals surface area contributed by atoms with Gasteiger partial charge in [-0.15, -0.1) is 0 Å². The number of nitrogens with zero attached hydrogens (tertiary/aromatic N) is 2. The van der Waals surface area contributed by atoms with Gasteiger partial charge in [-0.2, -0.15) is 0 Å². The van der Waals surface area contributed by atoms with Crippen LogP contribution in [0.5, 0.6) is 0 Å². The highest BCUT2D eigenvalue weighted by Gasteiger charge is 2.27. The first-order valence-corrected chi connectivity index (χ1v) is 8.73. The summed E-state index contributed by atoms with van der Waals surface area (Å²) in [5, 5.41) is 1.05. The van der Waals surface area contributed by atoms with E-state index in [-0.39, 0.29) is 0 Å². The van der Waals surface area contributed by atoms with Gasteiger partial charge in [0, 0.05) is 16.9 Å². The molecule has 1 heterocycles. The molecule has 0 radical (unpaired) electrons. The van der Waals surface area contributed by atoms with Crippen LogP contribution in [0.15, 0.2) is 38.8 Å². The van der Waals surface area contributed by atoms with E-state index in [0.717, 1.165) is 15.5 Å². The van der Waals surface area contributed by atoms with Gasteiger partial charge in [-0.3, -0.25) is 0 Å². The lowest BCUT2D eigenvalue weighted by Gasteiger charge is -2.06. The summed E-state index contributed by atoms with van der Waals surface area (Å²) in [6.45, 7) is 0. The molecule has 4 heteroatoms. The molecule has 102 valence electrons. The molecular formula is C16H15BrN2S. The van der Waals surface area contributed by atoms with Crippen LogP contribution in [0.1, 0.15) is 42.1 Å². The second-order valence-electron chi connectivity index (χ2n) is 5.55. The number of hydrogen-bond donors (Lipinski definition) is 0. The van der Waals surface area contributed by atoms with Crippen molar-refractivity contribution in [2.24, 2.45) is 0 Å². The third-order valence-corrected chi connectivity index (χ3v) is 5.24. The van der Waals surface area contributed by atoms with Crippen molar-refractivity contribution < 1.29 is 0 Å². The molecule has 2 aliphatic rings. The van der Waals surface area contributed by atoms with E-state index in [1.54, 1.807) is 11.8 Å². The fraction of sp³-hybridized carbons (Fsp3) is 0.375. The molecule has 2 aliphatic carbocycles. The van der Waals surface area contributed by atoms with Crippen LogP contribution >= 0.6 is 27.7 Å². The Balaban J connectivity index is 1.62. The normalized spacial score (nSPS) is 17.2. The topological polar surface area (TPSA) is 25.8 Å². The van der Waals surface area contributed by atoms with Gasteiger partial charge in [0.15, 0.2) is 0 Å². The lowest BCUT2D eigenvalue weighted by molar-refractivity contribution is 0.866. The molecule has 1 saturated carbocycles. The quantitative estimate of drug-likeness (QED) is 0.749. The summed E-state index contributed by atoms with van der Waals surface area (Å²) in [5.74, 6) is 1.59. The zero-order valence-corrected chi connectivity index (χ0v) is 13.5. The Morgan fingerprint density at radius 2 is 1.90 bits per heavy atom. The predicted molar refractivity (Wildman–Crippen MR) is 84.3 cm³/mol. The van der Waals surface area contributed by atoms with Crippen LogP contribution in [0.3, 0.4) is 0 Å². The van der Waals surface area contributed by atoms with Crippen molar-refractivity contribution in [1.29, 1.82) is 0 Å². The number of aromatic nitrogens is 2. The minimum Gasteiger partial charge on any atom is -0.226 e. The number of fused-ring (bicyclic) bond motifs is 1. The minimum absolute atomic E-state index is 0.590. The molecular weight excluding hydrogens is 332 g/mol. The first-order valence-electron chi connectivity index (χ1n) is 7.12. The van der Waals surface area contributed by atoms with Gasteiger partial charge < -0.3 is 0 Å². The Kier molecular flexibility index (Phi) is 3.31. The van der Waals surface area contributed by atoms with Crippen LogP contribution in [0, 0.1) is 0 Å². The summed E-state index contributed by atoms with van der Waals surface area (Å²) in [6, 6.07) is 8.86. The summed E-state index contributed by atoms with van der Waals surface area (Å²) in [5.41, 5.74) is 3.04. The lowest BCUT2D eigenvalue weighted by atomic mass is 10.1. The predicted octanol–water partition coefficient (Wildman–Crippen LogP) is 4.76. The van der Waals surface area contributed by atoms with Crippen molar-refractivity contribution in [2.45, 2.75) is 47.9 Å². The summed E-state index contributed by atoms with van der Waals surface area (Å²) in [4.78, 5) is 10.5. The fourth-order valence-corrected chi connectivity index (χ4v) is 4.16. The first kappa shape index (κ1) is 12.8. The Bertz CT molecular complexity index is 668. The van der Waals surface area contributed by atoms with Gasteiger partial charge in [0.05, 0.1) is 0 Å². The number of halogens is 1. The van der Waals surface area contributed by atoms with Gasteiger partial charge in [-0.05, 0) is 71.3 Å². The van der Waals surface area contributed by atoms with Crippen LogP contribution in [-0.2, 0) is 12.8 Å². The molecule has 0 bridgehead atoms. The van der Waals surface area contributed by atoms with E-state index in [1.165, 1.54) is 48.1 Å². The van der Waals surface area contributed by atoms with Crippen molar-refractivity contribution in [2.75, 3.05) is 0 Å². The Morgan fingerprint density at radius 1 is 1.05 bits per heavy atom. The highest BCUT2D eigenvalue weighted by atomic mass is 79.9. The summed E-state index contributed by atoms with van der Waals surface area (Å²) in [6.07, 6.45) is 6.24. The number of benzene rings is 1. The van der Waals surface area contributed by atoms with Crippen molar-refractivity contribution in [3.05, 3.63) is 45.8 Å². The highest BCUT2D eigenvalue weighted by molar-refractivity contribution is 9.10. The molecule has 0 unspecified atom stereocenters. The second kappa shape index (κ2) is 5.15. The monoisotopic (exact) mass is 346 g/mol. The second-order valence-corrected chi connectivity index (χ2v) is 7.45. The maximum atomic E-state index is 4.71. The first-order chi connectivity index (χ1) is 9.78. The average molecular weight is 347 g/mol. The van der Waals surface area contributed by atoms with Crippen LogP contribution < -0.4 is 0 Å². The third-order valence-electron chi connectivity index (χ3n) is 3.92. The molecule has 0 atom stereocenters. The van der Waals surface area contributed by atoms with E-state index in [2.05, 4.69) is 39.1 Å². The molecule has 0 aliphatic heterocycles. The molecule has 1 fully saturated rings. The minimum atomic E-state index is 0.590. The van der Waals surface area contributed by atoms with Crippen molar-refractivity contribution in [3.8, 4) is 0 Å². The summed E-state index contributed by atoms with van der Waals surface area (Å²) >= 11 is 5.25. The molecule has 4 rings (SSSR count). The van der Waals surface area contributed by atoms with Gasteiger partial charge in [-0.25, -0.2) is 9.97 Å². The largest absolute Gasteiger partial charge is 0.226 e. The molecule has 20 heavy (non-hydrogen) atoms. The van der Waals surface area contributed by atoms with E-state index >= 15 is 0 Å². The van der Waals surface area contributed by atoms with E-state index < -0.39 is 0 Å². The van der Waals surface area contributed by atoms with Crippen molar-refractivity contribution >= 4 is 27.7 Å². The van der Waals surface area contributed by atoms with Crippen LogP contribution in [0.25, 0.3) is 0 Å². The van der Waals surface area contributed by atoms with Crippen LogP contribution in [-0.4, -0.2) is 9.97 Å². The molecule has 0 spiro atoms. The molecule has 0 saturated heterocycles. The van der Waals surface area contributed by atoms with Crippen molar-refractivity contribution in [3.63, 3.8) is 0 Å². The van der Waals surface area contributed by atoms with Crippen molar-refractivity contribution in [1.82, 2.24) is 9.97 Å². The van der Waals surface area contributed by atoms with Crippen LogP contribution in [0.2, 0.25) is 0 Å². The summed E-state index contributed by atoms with van der Waals surface area (Å²) < 4.78 is 0.901. The van der Waals surface area contributed by atoms with E-state index in [9.17, 15) is 0 Å². The Hall–Kier alpha value is -0.870. The van der Waals surface area contributed by atoms with Gasteiger partial charge in [-0.1, -0.05) is 17.8 Å². The lowest BCUT2D eigenvalue weighted by Crippen LogP contribution is -1.94. The Labute approximate surface area is 131 Å². The third kappa shape index (κ3) is 2.63. The maximum Gasteiger partial charge on any atom is 0.134 e. The molecule has 2 aromatic rings. The molecule has 2 nitrogen and oxygen atoms in total. The van der Waals surface area contributed by atoms with E-state index in [4.69, 9.17) is 4.98 Å². The zero-order chi connectivity index (χ0) is 13.5. The maximum absolute atomic E-state index is 4.71. The zero-order valence-electron chi connectivity index (χ0n) is 11.1. The molecule has 1 aromatic heterocycles. The summed E-state index contributed by atoms with van der Waals surface area (Å²) in [7, 11) is 0. The van der Waals surface area contributed by atoms with Crippen LogP contribution in [0.4, 0.5) is 0 Å². The average Bonchev–Trinajstić information content (AvgIpc) is 3.17. The molecule has 0 amide bonds. The molecule has 1 aromatic carbocycles. The standard InChI is InChI=1S/C16H15BrN2S/c17-14-9-15(19-16(18-14)11-4-5-11)20-13-7-6-10-2-1-3-12(10)8-13/h6-9,11H,1-5H2. The highest BCUT2D eigenvalue weighted by Crippen LogP contribution is 2.40. The SMILES string of the molecule is Brc1cc(Sc2ccc3c(c2)CCC3)nc(C2CC2)n1. The van der Waals surface area contributed by atoms with E-state index in [0.29, 0.717) is 5.92 Å². The molecule has 0 N–H and O–H groups in total. The van der Waals surface area contributed by atoms with E-state index in [1.807, 2.05) is 6.07 Å². The number of rotatable bonds is 3. The number of aryl methyl sites for hydroxylation is 2.